The first-order valence-corrected chi connectivity index (χ1v) is 11.0. The highest BCUT2D eigenvalue weighted by Gasteiger charge is 2.22. The normalized spacial score (nSPS) is 11.5. The monoisotopic (exact) mass is 432 g/mol. The topological polar surface area (TPSA) is 68.6 Å². The maximum absolute atomic E-state index is 12.8. The van der Waals surface area contributed by atoms with Crippen LogP contribution in [-0.4, -0.2) is 44.4 Å². The Bertz CT molecular complexity index is 1170. The van der Waals surface area contributed by atoms with E-state index in [2.05, 4.69) is 0 Å². The molecule has 0 fully saturated rings. The molecule has 0 N–H and O–H groups in total. The Hall–Kier alpha value is -2.61. The predicted octanol–water partition coefficient (Wildman–Crippen LogP) is 4.14. The molecular formula is C21H21ClN2O4S. The molecule has 0 aliphatic heterocycles. The standard InChI is InChI=1S/C21H21ClN2O4S/c1-14-19(21(25)23(2)28-3)13-20(15-8-10-16(22)11-9-15)24(14)17-6-5-7-18(12-17)29(4,26)27/h5-13H,1-4H3. The SMILES string of the molecule is CON(C)C(=O)c1cc(-c2ccc(Cl)cc2)n(-c2cccc(S(C)(=O)=O)c2)c1C. The van der Waals surface area contributed by atoms with Gasteiger partial charge < -0.3 is 4.57 Å². The van der Waals surface area contributed by atoms with Crippen LogP contribution < -0.4 is 0 Å². The molecule has 8 heteroatoms. The summed E-state index contributed by atoms with van der Waals surface area (Å²) in [7, 11) is -0.432. The van der Waals surface area contributed by atoms with E-state index in [0.717, 1.165) is 22.6 Å². The molecule has 0 saturated carbocycles. The van der Waals surface area contributed by atoms with Gasteiger partial charge in [-0.15, -0.1) is 0 Å². The molecule has 0 bridgehead atoms. The molecule has 3 aromatic rings. The summed E-state index contributed by atoms with van der Waals surface area (Å²) in [5, 5.41) is 1.74. The van der Waals surface area contributed by atoms with Crippen LogP contribution in [0.1, 0.15) is 16.1 Å². The smallest absolute Gasteiger partial charge is 0.278 e. The number of halogens is 1. The van der Waals surface area contributed by atoms with E-state index < -0.39 is 9.84 Å². The minimum absolute atomic E-state index is 0.201. The highest BCUT2D eigenvalue weighted by atomic mass is 35.5. The molecule has 0 saturated heterocycles. The molecule has 0 aliphatic rings. The summed E-state index contributed by atoms with van der Waals surface area (Å²) in [6, 6.07) is 15.6. The number of nitrogens with zero attached hydrogens (tertiary/aromatic N) is 2. The Morgan fingerprint density at radius 2 is 1.76 bits per heavy atom. The molecular weight excluding hydrogens is 412 g/mol. The second-order valence-electron chi connectivity index (χ2n) is 6.63. The van der Waals surface area contributed by atoms with Gasteiger partial charge in [0.1, 0.15) is 0 Å². The van der Waals surface area contributed by atoms with E-state index in [-0.39, 0.29) is 10.8 Å². The fourth-order valence-electron chi connectivity index (χ4n) is 3.09. The first-order chi connectivity index (χ1) is 13.6. The molecule has 1 heterocycles. The number of hydrogen-bond acceptors (Lipinski definition) is 4. The number of aromatic nitrogens is 1. The number of benzene rings is 2. The van der Waals surface area contributed by atoms with Gasteiger partial charge in [-0.3, -0.25) is 9.63 Å². The molecule has 6 nitrogen and oxygen atoms in total. The summed E-state index contributed by atoms with van der Waals surface area (Å²) in [6.07, 6.45) is 1.16. The quantitative estimate of drug-likeness (QED) is 0.568. The van der Waals surface area contributed by atoms with Crippen molar-refractivity contribution in [2.45, 2.75) is 11.8 Å². The molecule has 0 atom stereocenters. The van der Waals surface area contributed by atoms with Gasteiger partial charge in [0.05, 0.1) is 23.3 Å². The van der Waals surface area contributed by atoms with Crippen molar-refractivity contribution in [2.75, 3.05) is 20.4 Å². The lowest BCUT2D eigenvalue weighted by atomic mass is 10.1. The number of carbonyl (C=O) groups excluding carboxylic acids is 1. The number of hydroxylamine groups is 2. The number of sulfone groups is 1. The summed E-state index contributed by atoms with van der Waals surface area (Å²) in [4.78, 5) is 18.0. The van der Waals surface area contributed by atoms with Crippen LogP contribution in [0.4, 0.5) is 0 Å². The number of carbonyl (C=O) groups is 1. The van der Waals surface area contributed by atoms with E-state index in [1.165, 1.54) is 14.2 Å². The van der Waals surface area contributed by atoms with Crippen molar-refractivity contribution in [3.63, 3.8) is 0 Å². The third-order valence-corrected chi connectivity index (χ3v) is 6.04. The third-order valence-electron chi connectivity index (χ3n) is 4.68. The minimum atomic E-state index is -3.38. The van der Waals surface area contributed by atoms with Gasteiger partial charge in [0, 0.05) is 29.7 Å². The van der Waals surface area contributed by atoms with E-state index >= 15 is 0 Å². The van der Waals surface area contributed by atoms with Crippen molar-refractivity contribution in [1.29, 1.82) is 0 Å². The fourth-order valence-corrected chi connectivity index (χ4v) is 3.88. The summed E-state index contributed by atoms with van der Waals surface area (Å²) < 4.78 is 25.9. The third kappa shape index (κ3) is 4.22. The van der Waals surface area contributed by atoms with Gasteiger partial charge in [-0.05, 0) is 48.9 Å². The lowest BCUT2D eigenvalue weighted by molar-refractivity contribution is -0.0757. The number of hydrogen-bond donors (Lipinski definition) is 0. The van der Waals surface area contributed by atoms with Crippen LogP contribution in [0, 0.1) is 6.92 Å². The van der Waals surface area contributed by atoms with Gasteiger partial charge in [-0.2, -0.15) is 0 Å². The van der Waals surface area contributed by atoms with Crippen LogP contribution in [-0.2, 0) is 14.7 Å². The molecule has 0 aliphatic carbocycles. The van der Waals surface area contributed by atoms with E-state index in [1.807, 2.05) is 23.6 Å². The highest BCUT2D eigenvalue weighted by Crippen LogP contribution is 2.31. The fraction of sp³-hybridized carbons (Fsp3) is 0.190. The first kappa shape index (κ1) is 21.1. The second kappa shape index (κ2) is 8.02. The Morgan fingerprint density at radius 1 is 1.10 bits per heavy atom. The molecule has 2 aromatic carbocycles. The van der Waals surface area contributed by atoms with Gasteiger partial charge >= 0.3 is 0 Å². The number of amides is 1. The van der Waals surface area contributed by atoms with Crippen LogP contribution in [0.15, 0.2) is 59.5 Å². The lowest BCUT2D eigenvalue weighted by Crippen LogP contribution is -2.25. The van der Waals surface area contributed by atoms with Crippen LogP contribution >= 0.6 is 11.6 Å². The second-order valence-corrected chi connectivity index (χ2v) is 9.08. The molecule has 29 heavy (non-hydrogen) atoms. The van der Waals surface area contributed by atoms with Crippen molar-refractivity contribution < 1.29 is 18.0 Å². The Balaban J connectivity index is 2.28. The maximum atomic E-state index is 12.8. The average Bonchev–Trinajstić information content (AvgIpc) is 3.04. The summed E-state index contributed by atoms with van der Waals surface area (Å²) in [5.41, 5.74) is 3.31. The summed E-state index contributed by atoms with van der Waals surface area (Å²) >= 11 is 6.02. The van der Waals surface area contributed by atoms with Crippen LogP contribution in [0.2, 0.25) is 5.02 Å². The van der Waals surface area contributed by atoms with Gasteiger partial charge in [0.15, 0.2) is 9.84 Å². The Kier molecular flexibility index (Phi) is 5.84. The molecule has 0 spiro atoms. The van der Waals surface area contributed by atoms with Gasteiger partial charge in [0.2, 0.25) is 0 Å². The molecule has 152 valence electrons. The van der Waals surface area contributed by atoms with Crippen LogP contribution in [0.5, 0.6) is 0 Å². The molecule has 0 unspecified atom stereocenters. The van der Waals surface area contributed by atoms with E-state index in [0.29, 0.717) is 22.0 Å². The van der Waals surface area contributed by atoms with Gasteiger partial charge in [-0.25, -0.2) is 13.5 Å². The average molecular weight is 433 g/mol. The highest BCUT2D eigenvalue weighted by molar-refractivity contribution is 7.90. The van der Waals surface area contributed by atoms with Crippen molar-refractivity contribution in [3.05, 3.63) is 70.9 Å². The van der Waals surface area contributed by atoms with Gasteiger partial charge in [-0.1, -0.05) is 29.8 Å². The van der Waals surface area contributed by atoms with E-state index in [1.54, 1.807) is 42.5 Å². The van der Waals surface area contributed by atoms with E-state index in [9.17, 15) is 13.2 Å². The van der Waals surface area contributed by atoms with Crippen molar-refractivity contribution in [1.82, 2.24) is 9.63 Å². The molecule has 1 amide bonds. The molecule has 0 radical (unpaired) electrons. The maximum Gasteiger partial charge on any atom is 0.278 e. The first-order valence-electron chi connectivity index (χ1n) is 8.74. The zero-order chi connectivity index (χ0) is 21.3. The predicted molar refractivity (Wildman–Crippen MR) is 113 cm³/mol. The van der Waals surface area contributed by atoms with E-state index in [4.69, 9.17) is 16.4 Å². The Labute approximate surface area is 175 Å². The molecule has 3 rings (SSSR count). The summed E-state index contributed by atoms with van der Waals surface area (Å²) in [5.74, 6) is -0.307. The minimum Gasteiger partial charge on any atom is -0.313 e. The van der Waals surface area contributed by atoms with Crippen molar-refractivity contribution >= 4 is 27.3 Å². The zero-order valence-electron chi connectivity index (χ0n) is 16.5. The summed E-state index contributed by atoms with van der Waals surface area (Å²) in [6.45, 7) is 1.81. The largest absolute Gasteiger partial charge is 0.313 e. The number of rotatable bonds is 5. The van der Waals surface area contributed by atoms with Crippen LogP contribution in [0.3, 0.4) is 0 Å². The van der Waals surface area contributed by atoms with Crippen molar-refractivity contribution in [2.24, 2.45) is 0 Å². The zero-order valence-corrected chi connectivity index (χ0v) is 18.1. The van der Waals surface area contributed by atoms with Gasteiger partial charge in [0.25, 0.3) is 5.91 Å². The lowest BCUT2D eigenvalue weighted by Gasteiger charge is -2.15. The van der Waals surface area contributed by atoms with Crippen molar-refractivity contribution in [3.8, 4) is 16.9 Å². The molecule has 1 aromatic heterocycles. The van der Waals surface area contributed by atoms with Crippen LogP contribution in [0.25, 0.3) is 16.9 Å². The Morgan fingerprint density at radius 3 is 2.34 bits per heavy atom.